The Hall–Kier alpha value is -1.35. The first kappa shape index (κ1) is 12.7. The molecule has 0 spiro atoms. The molecule has 0 aromatic heterocycles. The van der Waals surface area contributed by atoms with E-state index in [1.807, 2.05) is 45.0 Å². The van der Waals surface area contributed by atoms with Crippen molar-refractivity contribution < 1.29 is 9.90 Å². The van der Waals surface area contributed by atoms with Crippen LogP contribution in [-0.4, -0.2) is 17.6 Å². The van der Waals surface area contributed by atoms with Gasteiger partial charge in [0, 0.05) is 0 Å². The predicted molar refractivity (Wildman–Crippen MR) is 64.5 cm³/mol. The first-order valence-electron chi connectivity index (χ1n) is 5.62. The number of hydrogen-bond donors (Lipinski definition) is 2. The van der Waals surface area contributed by atoms with E-state index in [1.165, 1.54) is 0 Å². The van der Waals surface area contributed by atoms with Crippen molar-refractivity contribution in [3.63, 3.8) is 0 Å². The molecule has 3 heteroatoms. The van der Waals surface area contributed by atoms with Gasteiger partial charge in [-0.3, -0.25) is 5.32 Å². The smallest absolute Gasteiger partial charge is 0.328 e. The van der Waals surface area contributed by atoms with Gasteiger partial charge in [0.25, 0.3) is 0 Å². The summed E-state index contributed by atoms with van der Waals surface area (Å²) in [7, 11) is 0. The van der Waals surface area contributed by atoms with Crippen molar-refractivity contribution >= 4 is 5.97 Å². The Morgan fingerprint density at radius 3 is 2.25 bits per heavy atom. The summed E-state index contributed by atoms with van der Waals surface area (Å²) in [6.07, 6.45) is 0.527. The summed E-state index contributed by atoms with van der Waals surface area (Å²) in [5, 5.41) is 12.5. The van der Waals surface area contributed by atoms with Crippen molar-refractivity contribution in [2.45, 2.75) is 32.7 Å². The van der Waals surface area contributed by atoms with Crippen LogP contribution in [0.1, 0.15) is 31.4 Å². The molecule has 0 aliphatic rings. The molecule has 0 bridgehead atoms. The molecule has 16 heavy (non-hydrogen) atoms. The maximum Gasteiger partial charge on any atom is 0.328 e. The molecule has 88 valence electrons. The second-order valence-corrected chi connectivity index (χ2v) is 3.96. The molecule has 0 radical (unpaired) electrons. The Bertz CT molecular complexity index is 359. The minimum absolute atomic E-state index is 0.527. The molecule has 3 nitrogen and oxygen atoms in total. The zero-order valence-corrected chi connectivity index (χ0v) is 10.1. The van der Waals surface area contributed by atoms with Gasteiger partial charge in [-0.1, -0.05) is 43.7 Å². The molecule has 2 N–H and O–H groups in total. The molecule has 1 atom stereocenters. The number of aryl methyl sites for hydroxylation is 1. The van der Waals surface area contributed by atoms with Crippen molar-refractivity contribution in [2.75, 3.05) is 6.54 Å². The van der Waals surface area contributed by atoms with Gasteiger partial charge in [0.05, 0.1) is 0 Å². The molecule has 0 saturated carbocycles. The average Bonchev–Trinajstić information content (AvgIpc) is 2.27. The van der Waals surface area contributed by atoms with E-state index in [-0.39, 0.29) is 0 Å². The fourth-order valence-corrected chi connectivity index (χ4v) is 1.92. The average molecular weight is 221 g/mol. The molecule has 0 heterocycles. The highest BCUT2D eigenvalue weighted by molar-refractivity contribution is 5.80. The Balaban J connectivity index is 3.18. The molecule has 0 aliphatic heterocycles. The lowest BCUT2D eigenvalue weighted by Gasteiger charge is -2.29. The summed E-state index contributed by atoms with van der Waals surface area (Å²) >= 11 is 0. The Morgan fingerprint density at radius 2 is 1.88 bits per heavy atom. The zero-order chi connectivity index (χ0) is 12.2. The van der Waals surface area contributed by atoms with Crippen LogP contribution in [0, 0.1) is 6.92 Å². The van der Waals surface area contributed by atoms with E-state index in [0.29, 0.717) is 13.0 Å². The van der Waals surface area contributed by atoms with Crippen LogP contribution in [-0.2, 0) is 10.3 Å². The number of nitrogens with one attached hydrogen (secondary N) is 1. The molecule has 1 unspecified atom stereocenters. The van der Waals surface area contributed by atoms with Gasteiger partial charge in [0.1, 0.15) is 5.54 Å². The van der Waals surface area contributed by atoms with Crippen molar-refractivity contribution in [3.8, 4) is 0 Å². The number of aliphatic carboxylic acids is 1. The molecule has 1 aromatic rings. The maximum atomic E-state index is 11.5. The van der Waals surface area contributed by atoms with Crippen LogP contribution in [0.3, 0.4) is 0 Å². The topological polar surface area (TPSA) is 49.3 Å². The SMILES string of the molecule is CCNC(CC)(C(=O)O)c1ccc(C)cc1. The lowest BCUT2D eigenvalue weighted by molar-refractivity contribution is -0.145. The number of carboxylic acids is 1. The Labute approximate surface area is 96.5 Å². The Kier molecular flexibility index (Phi) is 4.07. The first-order valence-corrected chi connectivity index (χ1v) is 5.62. The van der Waals surface area contributed by atoms with Crippen molar-refractivity contribution in [2.24, 2.45) is 0 Å². The van der Waals surface area contributed by atoms with E-state index in [4.69, 9.17) is 0 Å². The molecule has 0 amide bonds. The van der Waals surface area contributed by atoms with Gasteiger partial charge in [0.15, 0.2) is 0 Å². The monoisotopic (exact) mass is 221 g/mol. The van der Waals surface area contributed by atoms with Crippen LogP contribution in [0.15, 0.2) is 24.3 Å². The molecule has 1 aromatic carbocycles. The highest BCUT2D eigenvalue weighted by atomic mass is 16.4. The van der Waals surface area contributed by atoms with E-state index in [9.17, 15) is 9.90 Å². The van der Waals surface area contributed by atoms with Gasteiger partial charge in [-0.05, 0) is 25.5 Å². The third-order valence-electron chi connectivity index (χ3n) is 2.92. The molecule has 1 rings (SSSR count). The number of rotatable bonds is 5. The number of hydrogen-bond acceptors (Lipinski definition) is 2. The summed E-state index contributed by atoms with van der Waals surface area (Å²) in [5.41, 5.74) is 0.994. The second-order valence-electron chi connectivity index (χ2n) is 3.96. The molecule has 0 fully saturated rings. The predicted octanol–water partition coefficient (Wildman–Crippen LogP) is 2.29. The van der Waals surface area contributed by atoms with Crippen LogP contribution < -0.4 is 5.32 Å². The van der Waals surface area contributed by atoms with E-state index < -0.39 is 11.5 Å². The lowest BCUT2D eigenvalue weighted by atomic mass is 9.87. The van der Waals surface area contributed by atoms with E-state index >= 15 is 0 Å². The van der Waals surface area contributed by atoms with Gasteiger partial charge in [-0.15, -0.1) is 0 Å². The molecule has 0 aliphatic carbocycles. The largest absolute Gasteiger partial charge is 0.480 e. The Morgan fingerprint density at radius 1 is 1.31 bits per heavy atom. The van der Waals surface area contributed by atoms with Gasteiger partial charge in [-0.25, -0.2) is 4.79 Å². The van der Waals surface area contributed by atoms with Crippen LogP contribution in [0.5, 0.6) is 0 Å². The summed E-state index contributed by atoms with van der Waals surface area (Å²) in [6, 6.07) is 7.66. The minimum Gasteiger partial charge on any atom is -0.480 e. The highest BCUT2D eigenvalue weighted by Gasteiger charge is 2.37. The highest BCUT2D eigenvalue weighted by Crippen LogP contribution is 2.25. The summed E-state index contributed by atoms with van der Waals surface area (Å²) in [6.45, 7) is 6.43. The van der Waals surface area contributed by atoms with Crippen molar-refractivity contribution in [1.82, 2.24) is 5.32 Å². The third-order valence-corrected chi connectivity index (χ3v) is 2.92. The zero-order valence-electron chi connectivity index (χ0n) is 10.1. The third kappa shape index (κ3) is 2.25. The maximum absolute atomic E-state index is 11.5. The first-order chi connectivity index (χ1) is 7.56. The van der Waals surface area contributed by atoms with Crippen molar-refractivity contribution in [3.05, 3.63) is 35.4 Å². The molecular formula is C13H19NO2. The van der Waals surface area contributed by atoms with Crippen LogP contribution in [0.4, 0.5) is 0 Å². The van der Waals surface area contributed by atoms with Crippen LogP contribution >= 0.6 is 0 Å². The molecular weight excluding hydrogens is 202 g/mol. The van der Waals surface area contributed by atoms with Gasteiger partial charge in [0.2, 0.25) is 0 Å². The summed E-state index contributed by atoms with van der Waals surface area (Å²) in [4.78, 5) is 11.5. The second kappa shape index (κ2) is 5.12. The van der Waals surface area contributed by atoms with E-state index in [1.54, 1.807) is 0 Å². The van der Waals surface area contributed by atoms with E-state index in [0.717, 1.165) is 11.1 Å². The number of likely N-dealkylation sites (N-methyl/N-ethyl adjacent to an activating group) is 1. The number of benzene rings is 1. The fraction of sp³-hybridized carbons (Fsp3) is 0.462. The van der Waals surface area contributed by atoms with Crippen LogP contribution in [0.2, 0.25) is 0 Å². The van der Waals surface area contributed by atoms with Gasteiger partial charge >= 0.3 is 5.97 Å². The van der Waals surface area contributed by atoms with Crippen molar-refractivity contribution in [1.29, 1.82) is 0 Å². The van der Waals surface area contributed by atoms with Crippen LogP contribution in [0.25, 0.3) is 0 Å². The molecule has 0 saturated heterocycles. The summed E-state index contributed by atoms with van der Waals surface area (Å²) in [5.74, 6) is -0.819. The number of carbonyl (C=O) groups is 1. The fourth-order valence-electron chi connectivity index (χ4n) is 1.92. The summed E-state index contributed by atoms with van der Waals surface area (Å²) < 4.78 is 0. The lowest BCUT2D eigenvalue weighted by Crippen LogP contribution is -2.48. The van der Waals surface area contributed by atoms with E-state index in [2.05, 4.69) is 5.32 Å². The van der Waals surface area contributed by atoms with Gasteiger partial charge < -0.3 is 5.11 Å². The standard InChI is InChI=1S/C13H19NO2/c1-4-13(12(15)16,14-5-2)11-8-6-10(3)7-9-11/h6-9,14H,4-5H2,1-3H3,(H,15,16). The normalized spacial score (nSPS) is 14.4. The van der Waals surface area contributed by atoms with Gasteiger partial charge in [-0.2, -0.15) is 0 Å². The minimum atomic E-state index is -0.956. The number of carboxylic acid groups (broad SMARTS) is 1. The quantitative estimate of drug-likeness (QED) is 0.802.